The molecule has 3 nitrogen and oxygen atoms in total. The maximum atomic E-state index is 8.90. The third kappa shape index (κ3) is 5.65. The standard InChI is InChI=1S/C14H22O3S/c1-3-16-13-6-4-5-7-14(13)17-8-9-18-11-12(2)10-15/h4-7,12,15H,3,8-11H2,1-2H3. The number of para-hydroxylation sites is 2. The Morgan fingerprint density at radius 2 is 1.89 bits per heavy atom. The number of thioether (sulfide) groups is 1. The summed E-state index contributed by atoms with van der Waals surface area (Å²) in [6.45, 7) is 5.55. The largest absolute Gasteiger partial charge is 0.490 e. The van der Waals surface area contributed by atoms with Crippen LogP contribution in [-0.4, -0.2) is 36.4 Å². The molecule has 0 saturated carbocycles. The van der Waals surface area contributed by atoms with Crippen molar-refractivity contribution in [3.05, 3.63) is 24.3 Å². The first-order valence-corrected chi connectivity index (χ1v) is 7.46. The summed E-state index contributed by atoms with van der Waals surface area (Å²) in [5.74, 6) is 3.84. The molecule has 0 amide bonds. The minimum Gasteiger partial charge on any atom is -0.490 e. The van der Waals surface area contributed by atoms with Gasteiger partial charge in [0.2, 0.25) is 0 Å². The SMILES string of the molecule is CCOc1ccccc1OCCSCC(C)CO. The van der Waals surface area contributed by atoms with Crippen LogP contribution in [0.4, 0.5) is 0 Å². The van der Waals surface area contributed by atoms with Gasteiger partial charge in [0.1, 0.15) is 0 Å². The summed E-state index contributed by atoms with van der Waals surface area (Å²) in [6.07, 6.45) is 0. The molecule has 1 N–H and O–H groups in total. The normalized spacial score (nSPS) is 12.2. The van der Waals surface area contributed by atoms with Crippen molar-refractivity contribution >= 4 is 11.8 Å². The summed E-state index contributed by atoms with van der Waals surface area (Å²) in [5, 5.41) is 8.90. The first-order chi connectivity index (χ1) is 8.77. The average molecular weight is 270 g/mol. The van der Waals surface area contributed by atoms with Gasteiger partial charge in [-0.05, 0) is 30.7 Å². The van der Waals surface area contributed by atoms with Crippen LogP contribution >= 0.6 is 11.8 Å². The molecule has 1 atom stereocenters. The second kappa shape index (κ2) is 9.11. The van der Waals surface area contributed by atoms with Crippen LogP contribution < -0.4 is 9.47 Å². The fourth-order valence-corrected chi connectivity index (χ4v) is 2.27. The number of ether oxygens (including phenoxy) is 2. The van der Waals surface area contributed by atoms with Crippen molar-refractivity contribution in [3.8, 4) is 11.5 Å². The number of rotatable bonds is 9. The fraction of sp³-hybridized carbons (Fsp3) is 0.571. The molecule has 1 rings (SSSR count). The highest BCUT2D eigenvalue weighted by atomic mass is 32.2. The van der Waals surface area contributed by atoms with Crippen molar-refractivity contribution < 1.29 is 14.6 Å². The maximum Gasteiger partial charge on any atom is 0.161 e. The Bertz CT molecular complexity index is 331. The smallest absolute Gasteiger partial charge is 0.161 e. The van der Waals surface area contributed by atoms with Crippen LogP contribution in [0.15, 0.2) is 24.3 Å². The van der Waals surface area contributed by atoms with E-state index in [2.05, 4.69) is 0 Å². The average Bonchev–Trinajstić information content (AvgIpc) is 2.40. The molecule has 0 spiro atoms. The molecule has 0 heterocycles. The highest BCUT2D eigenvalue weighted by molar-refractivity contribution is 7.99. The number of aliphatic hydroxyl groups is 1. The molecule has 4 heteroatoms. The number of hydrogen-bond donors (Lipinski definition) is 1. The van der Waals surface area contributed by atoms with E-state index in [0.29, 0.717) is 19.1 Å². The van der Waals surface area contributed by atoms with Gasteiger partial charge in [-0.15, -0.1) is 0 Å². The van der Waals surface area contributed by atoms with Gasteiger partial charge in [-0.2, -0.15) is 11.8 Å². The lowest BCUT2D eigenvalue weighted by atomic mass is 10.2. The quantitative estimate of drug-likeness (QED) is 0.700. The lowest BCUT2D eigenvalue weighted by Crippen LogP contribution is -2.07. The van der Waals surface area contributed by atoms with E-state index in [9.17, 15) is 0 Å². The number of aliphatic hydroxyl groups excluding tert-OH is 1. The Hall–Kier alpha value is -0.870. The lowest BCUT2D eigenvalue weighted by Gasteiger charge is -2.12. The maximum absolute atomic E-state index is 8.90. The molecule has 0 aromatic heterocycles. The van der Waals surface area contributed by atoms with Crippen LogP contribution in [0.3, 0.4) is 0 Å². The zero-order chi connectivity index (χ0) is 13.2. The van der Waals surface area contributed by atoms with Gasteiger partial charge < -0.3 is 14.6 Å². The summed E-state index contributed by atoms with van der Waals surface area (Å²) in [5.41, 5.74) is 0. The Morgan fingerprint density at radius 3 is 2.50 bits per heavy atom. The van der Waals surface area contributed by atoms with Crippen molar-refractivity contribution in [3.63, 3.8) is 0 Å². The third-order valence-corrected chi connectivity index (χ3v) is 3.61. The van der Waals surface area contributed by atoms with Crippen molar-refractivity contribution in [2.75, 3.05) is 31.3 Å². The minimum absolute atomic E-state index is 0.251. The first-order valence-electron chi connectivity index (χ1n) is 6.31. The Balaban J connectivity index is 2.26. The van der Waals surface area contributed by atoms with Crippen molar-refractivity contribution in [2.24, 2.45) is 5.92 Å². The van der Waals surface area contributed by atoms with E-state index >= 15 is 0 Å². The van der Waals surface area contributed by atoms with E-state index in [4.69, 9.17) is 14.6 Å². The topological polar surface area (TPSA) is 38.7 Å². The van der Waals surface area contributed by atoms with Crippen LogP contribution in [0, 0.1) is 5.92 Å². The molecule has 0 radical (unpaired) electrons. The Labute approximate surface area is 113 Å². The van der Waals surface area contributed by atoms with Gasteiger partial charge in [-0.1, -0.05) is 19.1 Å². The molecule has 1 aromatic rings. The van der Waals surface area contributed by atoms with Gasteiger partial charge in [0.15, 0.2) is 11.5 Å². The highest BCUT2D eigenvalue weighted by Gasteiger charge is 2.03. The van der Waals surface area contributed by atoms with E-state index in [1.807, 2.05) is 38.1 Å². The van der Waals surface area contributed by atoms with Crippen LogP contribution in [0.2, 0.25) is 0 Å². The predicted molar refractivity (Wildman–Crippen MR) is 76.7 cm³/mol. The predicted octanol–water partition coefficient (Wildman–Crippen LogP) is 2.83. The summed E-state index contributed by atoms with van der Waals surface area (Å²) in [6, 6.07) is 7.72. The highest BCUT2D eigenvalue weighted by Crippen LogP contribution is 2.26. The first kappa shape index (κ1) is 15.2. The molecule has 1 unspecified atom stereocenters. The minimum atomic E-state index is 0.251. The molecular weight excluding hydrogens is 248 g/mol. The van der Waals surface area contributed by atoms with E-state index in [-0.39, 0.29) is 6.61 Å². The van der Waals surface area contributed by atoms with Gasteiger partial charge >= 0.3 is 0 Å². The number of hydrogen-bond acceptors (Lipinski definition) is 4. The van der Waals surface area contributed by atoms with Gasteiger partial charge in [-0.25, -0.2) is 0 Å². The molecule has 0 aliphatic rings. The Kier molecular flexibility index (Phi) is 7.69. The Morgan fingerprint density at radius 1 is 1.22 bits per heavy atom. The van der Waals surface area contributed by atoms with Gasteiger partial charge in [0.05, 0.1) is 13.2 Å². The second-order valence-corrected chi connectivity index (χ2v) is 5.24. The van der Waals surface area contributed by atoms with E-state index in [0.717, 1.165) is 23.0 Å². The van der Waals surface area contributed by atoms with E-state index < -0.39 is 0 Å². The lowest BCUT2D eigenvalue weighted by molar-refractivity contribution is 0.250. The monoisotopic (exact) mass is 270 g/mol. The molecule has 0 aliphatic heterocycles. The third-order valence-electron chi connectivity index (χ3n) is 2.35. The molecule has 102 valence electrons. The van der Waals surface area contributed by atoms with Crippen LogP contribution in [0.1, 0.15) is 13.8 Å². The van der Waals surface area contributed by atoms with Crippen molar-refractivity contribution in [2.45, 2.75) is 13.8 Å². The zero-order valence-corrected chi connectivity index (χ0v) is 11.9. The van der Waals surface area contributed by atoms with Gasteiger partial charge in [0.25, 0.3) is 0 Å². The van der Waals surface area contributed by atoms with Crippen LogP contribution in [0.25, 0.3) is 0 Å². The van der Waals surface area contributed by atoms with Gasteiger partial charge in [0, 0.05) is 12.4 Å². The summed E-state index contributed by atoms with van der Waals surface area (Å²) in [7, 11) is 0. The van der Waals surface area contributed by atoms with Crippen molar-refractivity contribution in [1.29, 1.82) is 0 Å². The molecule has 0 fully saturated rings. The second-order valence-electron chi connectivity index (χ2n) is 4.09. The van der Waals surface area contributed by atoms with Crippen LogP contribution in [-0.2, 0) is 0 Å². The molecule has 18 heavy (non-hydrogen) atoms. The summed E-state index contributed by atoms with van der Waals surface area (Å²) >= 11 is 1.80. The van der Waals surface area contributed by atoms with Crippen LogP contribution in [0.5, 0.6) is 11.5 Å². The fourth-order valence-electron chi connectivity index (χ4n) is 1.39. The van der Waals surface area contributed by atoms with Crippen molar-refractivity contribution in [1.82, 2.24) is 0 Å². The zero-order valence-electron chi connectivity index (χ0n) is 11.1. The molecular formula is C14H22O3S. The summed E-state index contributed by atoms with van der Waals surface area (Å²) < 4.78 is 11.2. The molecule has 0 aliphatic carbocycles. The number of benzene rings is 1. The van der Waals surface area contributed by atoms with Gasteiger partial charge in [-0.3, -0.25) is 0 Å². The molecule has 0 saturated heterocycles. The molecule has 0 bridgehead atoms. The summed E-state index contributed by atoms with van der Waals surface area (Å²) in [4.78, 5) is 0. The van der Waals surface area contributed by atoms with E-state index in [1.165, 1.54) is 0 Å². The van der Waals surface area contributed by atoms with E-state index in [1.54, 1.807) is 11.8 Å². The molecule has 1 aromatic carbocycles.